The van der Waals surface area contributed by atoms with E-state index in [4.69, 9.17) is 0 Å². The van der Waals surface area contributed by atoms with Crippen LogP contribution in [0.1, 0.15) is 18.4 Å². The summed E-state index contributed by atoms with van der Waals surface area (Å²) in [5.74, 6) is -0.145. The number of hydrogen-bond acceptors (Lipinski definition) is 2. The first-order valence-electron chi connectivity index (χ1n) is 6.26. The van der Waals surface area contributed by atoms with Crippen molar-refractivity contribution >= 4 is 11.8 Å². The van der Waals surface area contributed by atoms with Gasteiger partial charge in [0.25, 0.3) is 0 Å². The van der Waals surface area contributed by atoms with Gasteiger partial charge in [-0.05, 0) is 24.8 Å². The van der Waals surface area contributed by atoms with Gasteiger partial charge in [-0.2, -0.15) is 0 Å². The van der Waals surface area contributed by atoms with Crippen LogP contribution in [-0.4, -0.2) is 24.9 Å². The van der Waals surface area contributed by atoms with Crippen LogP contribution in [0, 0.1) is 5.92 Å². The average molecular weight is 246 g/mol. The first-order valence-corrected chi connectivity index (χ1v) is 6.26. The molecule has 1 heterocycles. The maximum Gasteiger partial charge on any atom is 0.242 e. The van der Waals surface area contributed by atoms with Crippen LogP contribution >= 0.6 is 0 Å². The molecule has 96 valence electrons. The monoisotopic (exact) mass is 246 g/mol. The number of nitrogens with one attached hydrogen (secondary N) is 2. The van der Waals surface area contributed by atoms with E-state index in [9.17, 15) is 9.59 Å². The van der Waals surface area contributed by atoms with E-state index in [1.165, 1.54) is 0 Å². The molecule has 0 saturated carbocycles. The van der Waals surface area contributed by atoms with Crippen LogP contribution in [0.4, 0.5) is 0 Å². The van der Waals surface area contributed by atoms with Crippen LogP contribution in [0.5, 0.6) is 0 Å². The Labute approximate surface area is 107 Å². The van der Waals surface area contributed by atoms with Crippen LogP contribution in [0.3, 0.4) is 0 Å². The maximum absolute atomic E-state index is 11.9. The summed E-state index contributed by atoms with van der Waals surface area (Å²) in [6, 6.07) is 9.60. The number of hydrogen-bond donors (Lipinski definition) is 2. The van der Waals surface area contributed by atoms with Crippen molar-refractivity contribution in [2.24, 2.45) is 5.92 Å². The molecule has 0 radical (unpaired) electrons. The Bertz CT molecular complexity index is 431. The second-order valence-electron chi connectivity index (χ2n) is 4.64. The predicted octanol–water partition coefficient (Wildman–Crippen LogP) is 0.870. The zero-order chi connectivity index (χ0) is 13.0. The number of rotatable bonds is 3. The van der Waals surface area contributed by atoms with Crippen molar-refractivity contribution in [2.45, 2.75) is 25.3 Å². The van der Waals surface area contributed by atoms with E-state index in [0.29, 0.717) is 6.42 Å². The van der Waals surface area contributed by atoms with Crippen LogP contribution in [0.2, 0.25) is 0 Å². The summed E-state index contributed by atoms with van der Waals surface area (Å²) in [7, 11) is 1.59. The van der Waals surface area contributed by atoms with Crippen molar-refractivity contribution in [1.82, 2.24) is 10.6 Å². The predicted molar refractivity (Wildman–Crippen MR) is 68.9 cm³/mol. The second kappa shape index (κ2) is 5.67. The number of piperidine rings is 1. The van der Waals surface area contributed by atoms with Crippen molar-refractivity contribution in [3.63, 3.8) is 0 Å². The number of likely N-dealkylation sites (N-methyl/N-ethyl adjacent to an activating group) is 1. The van der Waals surface area contributed by atoms with Crippen molar-refractivity contribution in [3.05, 3.63) is 35.9 Å². The van der Waals surface area contributed by atoms with Gasteiger partial charge in [-0.25, -0.2) is 0 Å². The average Bonchev–Trinajstić information content (AvgIpc) is 2.41. The number of carbonyl (C=O) groups is 2. The minimum absolute atomic E-state index is 0.0151. The first kappa shape index (κ1) is 12.6. The molecule has 0 aliphatic carbocycles. The molecule has 1 aromatic carbocycles. The second-order valence-corrected chi connectivity index (χ2v) is 4.64. The highest BCUT2D eigenvalue weighted by atomic mass is 16.2. The highest BCUT2D eigenvalue weighted by Gasteiger charge is 2.31. The van der Waals surface area contributed by atoms with Gasteiger partial charge in [0.2, 0.25) is 11.8 Å². The minimum Gasteiger partial charge on any atom is -0.357 e. The minimum atomic E-state index is -0.366. The van der Waals surface area contributed by atoms with E-state index in [1.807, 2.05) is 30.3 Å². The lowest BCUT2D eigenvalue weighted by Crippen LogP contribution is -2.51. The number of amides is 2. The Morgan fingerprint density at radius 3 is 2.67 bits per heavy atom. The summed E-state index contributed by atoms with van der Waals surface area (Å²) in [6.45, 7) is 0. The molecule has 18 heavy (non-hydrogen) atoms. The summed E-state index contributed by atoms with van der Waals surface area (Å²) in [6.07, 6.45) is 2.22. The molecule has 2 N–H and O–H groups in total. The van der Waals surface area contributed by atoms with Crippen LogP contribution in [0.15, 0.2) is 30.3 Å². The Kier molecular flexibility index (Phi) is 3.97. The van der Waals surface area contributed by atoms with Crippen molar-refractivity contribution in [3.8, 4) is 0 Å². The molecule has 1 aliphatic heterocycles. The molecule has 0 bridgehead atoms. The highest BCUT2D eigenvalue weighted by molar-refractivity contribution is 5.89. The SMILES string of the molecule is CNC(=O)C1CCC(Cc2ccccc2)C(=O)N1. The normalized spacial score (nSPS) is 23.3. The largest absolute Gasteiger partial charge is 0.357 e. The summed E-state index contributed by atoms with van der Waals surface area (Å²) >= 11 is 0. The quantitative estimate of drug-likeness (QED) is 0.831. The van der Waals surface area contributed by atoms with Gasteiger partial charge in [0, 0.05) is 13.0 Å². The van der Waals surface area contributed by atoms with Gasteiger partial charge in [-0.15, -0.1) is 0 Å². The third-order valence-electron chi connectivity index (χ3n) is 3.38. The Morgan fingerprint density at radius 2 is 2.06 bits per heavy atom. The highest BCUT2D eigenvalue weighted by Crippen LogP contribution is 2.20. The first-order chi connectivity index (χ1) is 8.70. The molecule has 4 heteroatoms. The number of carbonyl (C=O) groups excluding carboxylic acids is 2. The van der Waals surface area contributed by atoms with Gasteiger partial charge in [0.05, 0.1) is 0 Å². The molecular formula is C14H18N2O2. The smallest absolute Gasteiger partial charge is 0.242 e. The molecule has 1 aliphatic rings. The fourth-order valence-electron chi connectivity index (χ4n) is 2.32. The van der Waals surface area contributed by atoms with Crippen LogP contribution in [-0.2, 0) is 16.0 Å². The van der Waals surface area contributed by atoms with Crippen molar-refractivity contribution in [1.29, 1.82) is 0 Å². The molecular weight excluding hydrogens is 228 g/mol. The van der Waals surface area contributed by atoms with Crippen molar-refractivity contribution in [2.75, 3.05) is 7.05 Å². The summed E-state index contributed by atoms with van der Waals surface area (Å²) in [4.78, 5) is 23.4. The molecule has 4 nitrogen and oxygen atoms in total. The zero-order valence-electron chi connectivity index (χ0n) is 10.5. The fourth-order valence-corrected chi connectivity index (χ4v) is 2.32. The Balaban J connectivity index is 1.94. The van der Waals surface area contributed by atoms with E-state index in [0.717, 1.165) is 18.4 Å². The van der Waals surface area contributed by atoms with E-state index in [2.05, 4.69) is 10.6 Å². The molecule has 2 atom stereocenters. The lowest BCUT2D eigenvalue weighted by atomic mass is 9.88. The van der Waals surface area contributed by atoms with E-state index < -0.39 is 0 Å². The lowest BCUT2D eigenvalue weighted by Gasteiger charge is -2.28. The van der Waals surface area contributed by atoms with Gasteiger partial charge < -0.3 is 10.6 Å². The van der Waals surface area contributed by atoms with E-state index in [1.54, 1.807) is 7.05 Å². The van der Waals surface area contributed by atoms with Gasteiger partial charge >= 0.3 is 0 Å². The Morgan fingerprint density at radius 1 is 1.33 bits per heavy atom. The van der Waals surface area contributed by atoms with E-state index in [-0.39, 0.29) is 23.8 Å². The van der Waals surface area contributed by atoms with Gasteiger partial charge in [0.1, 0.15) is 6.04 Å². The topological polar surface area (TPSA) is 58.2 Å². The van der Waals surface area contributed by atoms with E-state index >= 15 is 0 Å². The standard InChI is InChI=1S/C14H18N2O2/c1-15-14(18)12-8-7-11(13(17)16-12)9-10-5-3-2-4-6-10/h2-6,11-12H,7-9H2,1H3,(H,15,18)(H,16,17). The third-order valence-corrected chi connectivity index (χ3v) is 3.38. The molecule has 0 spiro atoms. The molecule has 1 aromatic rings. The third kappa shape index (κ3) is 2.88. The molecule has 2 rings (SSSR count). The maximum atomic E-state index is 11.9. The zero-order valence-corrected chi connectivity index (χ0v) is 10.5. The molecule has 2 unspecified atom stereocenters. The lowest BCUT2D eigenvalue weighted by molar-refractivity contribution is -0.133. The van der Waals surface area contributed by atoms with Gasteiger partial charge in [-0.1, -0.05) is 30.3 Å². The Hall–Kier alpha value is -1.84. The molecule has 2 amide bonds. The van der Waals surface area contributed by atoms with Crippen molar-refractivity contribution < 1.29 is 9.59 Å². The summed E-state index contributed by atoms with van der Waals surface area (Å²) < 4.78 is 0. The van der Waals surface area contributed by atoms with Crippen LogP contribution in [0.25, 0.3) is 0 Å². The molecule has 1 fully saturated rings. The fraction of sp³-hybridized carbons (Fsp3) is 0.429. The van der Waals surface area contributed by atoms with Crippen LogP contribution < -0.4 is 10.6 Å². The summed E-state index contributed by atoms with van der Waals surface area (Å²) in [5, 5.41) is 5.35. The summed E-state index contributed by atoms with van der Waals surface area (Å²) in [5.41, 5.74) is 1.16. The van der Waals surface area contributed by atoms with Gasteiger partial charge in [0.15, 0.2) is 0 Å². The van der Waals surface area contributed by atoms with Gasteiger partial charge in [-0.3, -0.25) is 9.59 Å². The molecule has 1 saturated heterocycles. The molecule has 0 aromatic heterocycles. The number of benzene rings is 1.